The van der Waals surface area contributed by atoms with Gasteiger partial charge in [-0.25, -0.2) is 4.99 Å². The van der Waals surface area contributed by atoms with E-state index in [1.165, 1.54) is 11.7 Å². The van der Waals surface area contributed by atoms with Crippen molar-refractivity contribution in [1.82, 2.24) is 8.75 Å². The lowest BCUT2D eigenvalue weighted by Crippen LogP contribution is -2.17. The van der Waals surface area contributed by atoms with Crippen LogP contribution in [0.3, 0.4) is 0 Å². The van der Waals surface area contributed by atoms with E-state index < -0.39 is 0 Å². The third-order valence-corrected chi connectivity index (χ3v) is 2.99. The summed E-state index contributed by atoms with van der Waals surface area (Å²) in [7, 11) is 0. The molecular formula is C9H9N3OS. The molecule has 3 rings (SSSR count). The summed E-state index contributed by atoms with van der Waals surface area (Å²) < 4.78 is 14.1. The Bertz CT molecular complexity index is 423. The molecule has 4 nitrogen and oxygen atoms in total. The molecule has 0 saturated carbocycles. The molecule has 2 heterocycles. The highest BCUT2D eigenvalue weighted by atomic mass is 32.1. The molecule has 2 atom stereocenters. The van der Waals surface area contributed by atoms with Crippen LogP contribution < -0.4 is 0 Å². The fraction of sp³-hybridized carbons (Fsp3) is 0.444. The van der Waals surface area contributed by atoms with Crippen molar-refractivity contribution >= 4 is 23.7 Å². The maximum absolute atomic E-state index is 5.64. The first-order chi connectivity index (χ1) is 6.88. The van der Waals surface area contributed by atoms with E-state index in [1.807, 2.05) is 19.1 Å². The molecule has 0 radical (unpaired) electrons. The Morgan fingerprint density at radius 3 is 3.29 bits per heavy atom. The van der Waals surface area contributed by atoms with Crippen LogP contribution in [0.4, 0.5) is 0 Å². The topological polar surface area (TPSA) is 47.4 Å². The number of rotatable bonds is 1. The number of hydrogen-bond donors (Lipinski definition) is 0. The summed E-state index contributed by atoms with van der Waals surface area (Å²) >= 11 is 1.24. The lowest BCUT2D eigenvalue weighted by molar-refractivity contribution is 0.235. The summed E-state index contributed by atoms with van der Waals surface area (Å²) in [6.45, 7) is 2.04. The Balaban J connectivity index is 2.05. The van der Waals surface area contributed by atoms with E-state index in [0.717, 1.165) is 23.7 Å². The normalized spacial score (nSPS) is 27.9. The third-order valence-electron chi connectivity index (χ3n) is 2.43. The van der Waals surface area contributed by atoms with Crippen molar-refractivity contribution in [1.29, 1.82) is 0 Å². The highest BCUT2D eigenvalue weighted by Crippen LogP contribution is 2.35. The molecule has 0 spiro atoms. The van der Waals surface area contributed by atoms with Gasteiger partial charge in [0.1, 0.15) is 23.5 Å². The van der Waals surface area contributed by atoms with E-state index in [2.05, 4.69) is 13.7 Å². The Morgan fingerprint density at radius 1 is 1.50 bits per heavy atom. The fourth-order valence-electron chi connectivity index (χ4n) is 1.73. The second-order valence-electron chi connectivity index (χ2n) is 3.30. The molecule has 0 N–H and O–H groups in total. The van der Waals surface area contributed by atoms with Crippen LogP contribution in [0.15, 0.2) is 11.1 Å². The first-order valence-corrected chi connectivity index (χ1v) is 5.35. The minimum absolute atomic E-state index is 0.0429. The zero-order chi connectivity index (χ0) is 9.54. The monoisotopic (exact) mass is 207 g/mol. The molecule has 1 aliphatic heterocycles. The van der Waals surface area contributed by atoms with Crippen LogP contribution >= 0.6 is 11.7 Å². The second kappa shape index (κ2) is 2.88. The molecule has 0 bridgehead atoms. The van der Waals surface area contributed by atoms with Gasteiger partial charge < -0.3 is 4.74 Å². The first kappa shape index (κ1) is 8.11. The Kier molecular flexibility index (Phi) is 1.67. The largest absolute Gasteiger partial charge is 0.471 e. The summed E-state index contributed by atoms with van der Waals surface area (Å²) in [6, 6.07) is 0.0451. The molecule has 0 saturated heterocycles. The highest BCUT2D eigenvalue weighted by Gasteiger charge is 2.35. The maximum Gasteiger partial charge on any atom is 0.184 e. The van der Waals surface area contributed by atoms with E-state index in [1.54, 1.807) is 0 Å². The van der Waals surface area contributed by atoms with Crippen molar-refractivity contribution in [2.45, 2.75) is 25.5 Å². The predicted octanol–water partition coefficient (Wildman–Crippen LogP) is 1.81. The molecule has 0 amide bonds. The highest BCUT2D eigenvalue weighted by molar-refractivity contribution is 6.99. The van der Waals surface area contributed by atoms with Crippen LogP contribution in [0, 0.1) is 0 Å². The lowest BCUT2D eigenvalue weighted by Gasteiger charge is -2.15. The van der Waals surface area contributed by atoms with Crippen LogP contribution in [-0.2, 0) is 4.74 Å². The zero-order valence-electron chi connectivity index (χ0n) is 7.67. The summed E-state index contributed by atoms with van der Waals surface area (Å²) in [5.41, 5.74) is 1.91. The molecule has 5 heteroatoms. The number of ether oxygens (including phenoxy) is 1. The summed E-state index contributed by atoms with van der Waals surface area (Å²) in [5.74, 6) is 0.825. The van der Waals surface area contributed by atoms with Crippen molar-refractivity contribution in [3.05, 3.63) is 17.5 Å². The van der Waals surface area contributed by atoms with Crippen molar-refractivity contribution in [3.63, 3.8) is 0 Å². The summed E-state index contributed by atoms with van der Waals surface area (Å²) in [6.07, 6.45) is 4.86. The van der Waals surface area contributed by atoms with Gasteiger partial charge in [-0.05, 0) is 12.2 Å². The van der Waals surface area contributed by atoms with Crippen LogP contribution in [0.1, 0.15) is 30.8 Å². The molecule has 0 fully saturated rings. The van der Waals surface area contributed by atoms with E-state index in [4.69, 9.17) is 4.74 Å². The molecule has 14 heavy (non-hydrogen) atoms. The van der Waals surface area contributed by atoms with Gasteiger partial charge in [0.15, 0.2) is 5.90 Å². The molecule has 1 aliphatic carbocycles. The molecule has 1 aromatic heterocycles. The number of nitrogens with zero attached hydrogens (tertiary/aromatic N) is 3. The smallest absolute Gasteiger partial charge is 0.184 e. The molecule has 0 aromatic carbocycles. The van der Waals surface area contributed by atoms with Crippen molar-refractivity contribution in [2.75, 3.05) is 0 Å². The van der Waals surface area contributed by atoms with Gasteiger partial charge in [0.2, 0.25) is 0 Å². The number of aliphatic imine (C=N–C) groups is 1. The van der Waals surface area contributed by atoms with Gasteiger partial charge in [-0.2, -0.15) is 8.75 Å². The van der Waals surface area contributed by atoms with E-state index in [0.29, 0.717) is 0 Å². The number of aromatic nitrogens is 2. The van der Waals surface area contributed by atoms with Crippen LogP contribution in [0.2, 0.25) is 0 Å². The summed E-state index contributed by atoms with van der Waals surface area (Å²) in [5, 5.41) is 0. The van der Waals surface area contributed by atoms with Gasteiger partial charge in [0.25, 0.3) is 0 Å². The molecule has 0 unspecified atom stereocenters. The van der Waals surface area contributed by atoms with Gasteiger partial charge >= 0.3 is 0 Å². The standard InChI is InChI=1S/C9H9N3OS/c1-2-7-10-9-6(13-7)4-3-5-8(9)12-14-11-5/h3-4,6,9H,2H2,1H3/t6-,9-/m1/s1. The minimum atomic E-state index is 0.0429. The van der Waals surface area contributed by atoms with Gasteiger partial charge in [-0.3, -0.25) is 0 Å². The van der Waals surface area contributed by atoms with Gasteiger partial charge in [0, 0.05) is 6.42 Å². The Hall–Kier alpha value is -1.23. The molecule has 1 aromatic rings. The van der Waals surface area contributed by atoms with Gasteiger partial charge in [0.05, 0.1) is 11.7 Å². The van der Waals surface area contributed by atoms with Crippen molar-refractivity contribution < 1.29 is 4.74 Å². The Morgan fingerprint density at radius 2 is 2.43 bits per heavy atom. The van der Waals surface area contributed by atoms with Crippen molar-refractivity contribution in [3.8, 4) is 0 Å². The van der Waals surface area contributed by atoms with E-state index >= 15 is 0 Å². The molecular weight excluding hydrogens is 198 g/mol. The average Bonchev–Trinajstić information content (AvgIpc) is 2.82. The minimum Gasteiger partial charge on any atom is -0.471 e. The first-order valence-electron chi connectivity index (χ1n) is 4.62. The van der Waals surface area contributed by atoms with Crippen LogP contribution in [-0.4, -0.2) is 20.7 Å². The number of hydrogen-bond acceptors (Lipinski definition) is 5. The second-order valence-corrected chi connectivity index (χ2v) is 3.83. The maximum atomic E-state index is 5.64. The zero-order valence-corrected chi connectivity index (χ0v) is 8.49. The quantitative estimate of drug-likeness (QED) is 0.705. The Labute approximate surface area is 85.7 Å². The molecule has 2 aliphatic rings. The van der Waals surface area contributed by atoms with Crippen molar-refractivity contribution in [2.24, 2.45) is 4.99 Å². The predicted molar refractivity (Wildman–Crippen MR) is 54.3 cm³/mol. The molecule has 72 valence electrons. The van der Waals surface area contributed by atoms with Crippen LogP contribution in [0.25, 0.3) is 6.08 Å². The average molecular weight is 207 g/mol. The van der Waals surface area contributed by atoms with E-state index in [9.17, 15) is 0 Å². The third kappa shape index (κ3) is 1.02. The lowest BCUT2D eigenvalue weighted by atomic mass is 10.0. The summed E-state index contributed by atoms with van der Waals surface area (Å²) in [4.78, 5) is 4.49. The SMILES string of the molecule is CCC1=N[C@H]2c3nsnc3C=C[C@H]2O1. The van der Waals surface area contributed by atoms with Gasteiger partial charge in [-0.1, -0.05) is 6.92 Å². The fourth-order valence-corrected chi connectivity index (χ4v) is 2.30. The van der Waals surface area contributed by atoms with E-state index in [-0.39, 0.29) is 12.1 Å². The van der Waals surface area contributed by atoms with Gasteiger partial charge in [-0.15, -0.1) is 0 Å². The number of fused-ring (bicyclic) bond motifs is 3. The van der Waals surface area contributed by atoms with Crippen LogP contribution in [0.5, 0.6) is 0 Å².